The minimum absolute atomic E-state index is 0.0457. The molecular weight excluding hydrogens is 410 g/mol. The lowest BCUT2D eigenvalue weighted by Crippen LogP contribution is -2.23. The van der Waals surface area contributed by atoms with Crippen molar-refractivity contribution in [3.63, 3.8) is 0 Å². The van der Waals surface area contributed by atoms with Gasteiger partial charge in [-0.15, -0.1) is 0 Å². The summed E-state index contributed by atoms with van der Waals surface area (Å²) >= 11 is 3.40. The van der Waals surface area contributed by atoms with Gasteiger partial charge in [-0.25, -0.2) is 4.98 Å². The van der Waals surface area contributed by atoms with Gasteiger partial charge in [0.2, 0.25) is 0 Å². The first-order chi connectivity index (χ1) is 12.9. The first kappa shape index (κ1) is 19.1. The van der Waals surface area contributed by atoms with Gasteiger partial charge in [-0.2, -0.15) is 9.78 Å². The number of phenolic OH excluding ortho intramolecular Hbond substituents is 1. The zero-order valence-electron chi connectivity index (χ0n) is 15.3. The number of hydrogen-bond acceptors (Lipinski definition) is 5. The average Bonchev–Trinajstić information content (AvgIpc) is 2.68. The van der Waals surface area contributed by atoms with E-state index in [-0.39, 0.29) is 17.2 Å². The molecule has 0 saturated carbocycles. The number of ether oxygens (including phenoxy) is 1. The summed E-state index contributed by atoms with van der Waals surface area (Å²) in [5.74, 6) is 1.06. The summed E-state index contributed by atoms with van der Waals surface area (Å²) in [5.41, 5.74) is 1.12. The highest BCUT2D eigenvalue weighted by Crippen LogP contribution is 2.26. The highest BCUT2D eigenvalue weighted by atomic mass is 79.9. The van der Waals surface area contributed by atoms with Crippen LogP contribution < -0.4 is 10.3 Å². The Kier molecular flexibility index (Phi) is 5.60. The Morgan fingerprint density at radius 1 is 1.33 bits per heavy atom. The van der Waals surface area contributed by atoms with Crippen LogP contribution in [0.5, 0.6) is 11.5 Å². The summed E-state index contributed by atoms with van der Waals surface area (Å²) in [6.07, 6.45) is 2.39. The van der Waals surface area contributed by atoms with Crippen LogP contribution in [0.4, 0.5) is 0 Å². The third kappa shape index (κ3) is 3.88. The van der Waals surface area contributed by atoms with Crippen LogP contribution in [0.15, 0.2) is 50.8 Å². The summed E-state index contributed by atoms with van der Waals surface area (Å²) in [5, 5.41) is 14.6. The first-order valence-corrected chi connectivity index (χ1v) is 9.37. The molecule has 1 heterocycles. The first-order valence-electron chi connectivity index (χ1n) is 8.58. The Morgan fingerprint density at radius 3 is 2.81 bits per heavy atom. The number of fused-ring (bicyclic) bond motifs is 1. The molecule has 0 bridgehead atoms. The maximum Gasteiger partial charge on any atom is 0.282 e. The van der Waals surface area contributed by atoms with Crippen molar-refractivity contribution < 1.29 is 9.84 Å². The number of aromatic nitrogens is 2. The summed E-state index contributed by atoms with van der Waals surface area (Å²) in [6.45, 7) is 4.06. The fourth-order valence-electron chi connectivity index (χ4n) is 2.68. The van der Waals surface area contributed by atoms with E-state index in [0.29, 0.717) is 28.0 Å². The molecule has 140 valence electrons. The van der Waals surface area contributed by atoms with E-state index in [4.69, 9.17) is 4.74 Å². The molecule has 2 aromatic carbocycles. The van der Waals surface area contributed by atoms with Crippen molar-refractivity contribution in [2.45, 2.75) is 26.2 Å². The van der Waals surface area contributed by atoms with Crippen LogP contribution in [0, 0.1) is 0 Å². The van der Waals surface area contributed by atoms with Crippen LogP contribution >= 0.6 is 15.9 Å². The highest BCUT2D eigenvalue weighted by molar-refractivity contribution is 9.10. The van der Waals surface area contributed by atoms with Gasteiger partial charge in [0, 0.05) is 10.4 Å². The average molecular weight is 430 g/mol. The van der Waals surface area contributed by atoms with E-state index in [1.807, 2.05) is 26.0 Å². The van der Waals surface area contributed by atoms with Gasteiger partial charge in [-0.05, 0) is 48.4 Å². The van der Waals surface area contributed by atoms with E-state index >= 15 is 0 Å². The van der Waals surface area contributed by atoms with Crippen molar-refractivity contribution in [3.05, 3.63) is 62.6 Å². The topological polar surface area (TPSA) is 76.7 Å². The zero-order valence-corrected chi connectivity index (χ0v) is 16.9. The smallest absolute Gasteiger partial charge is 0.282 e. The molecule has 1 atom stereocenters. The Labute approximate surface area is 165 Å². The second-order valence-corrected chi connectivity index (χ2v) is 7.15. The molecule has 0 saturated heterocycles. The number of aromatic hydroxyl groups is 1. The van der Waals surface area contributed by atoms with Crippen LogP contribution in [-0.4, -0.2) is 28.1 Å². The minimum Gasteiger partial charge on any atom is -0.504 e. The fraction of sp³-hybridized carbons (Fsp3) is 0.250. The van der Waals surface area contributed by atoms with E-state index in [1.165, 1.54) is 17.9 Å². The summed E-state index contributed by atoms with van der Waals surface area (Å²) in [4.78, 5) is 17.7. The SMILES string of the molecule is CC[C@@H](C)c1nc2ccc(Br)cc2c(=O)n1N=Cc1ccc(O)c(OC)c1. The van der Waals surface area contributed by atoms with Gasteiger partial charge >= 0.3 is 0 Å². The molecule has 0 aliphatic rings. The molecule has 1 aromatic heterocycles. The highest BCUT2D eigenvalue weighted by Gasteiger charge is 2.15. The fourth-order valence-corrected chi connectivity index (χ4v) is 3.04. The number of rotatable bonds is 5. The van der Waals surface area contributed by atoms with Crippen LogP contribution in [0.1, 0.15) is 37.6 Å². The minimum atomic E-state index is -0.224. The third-order valence-electron chi connectivity index (χ3n) is 4.41. The van der Waals surface area contributed by atoms with Crippen molar-refractivity contribution in [3.8, 4) is 11.5 Å². The van der Waals surface area contributed by atoms with E-state index in [1.54, 1.807) is 24.4 Å². The number of phenols is 1. The van der Waals surface area contributed by atoms with Gasteiger partial charge in [0.1, 0.15) is 5.82 Å². The van der Waals surface area contributed by atoms with Crippen molar-refractivity contribution in [2.75, 3.05) is 7.11 Å². The zero-order chi connectivity index (χ0) is 19.6. The van der Waals surface area contributed by atoms with Crippen molar-refractivity contribution in [2.24, 2.45) is 5.10 Å². The van der Waals surface area contributed by atoms with Crippen LogP contribution in [-0.2, 0) is 0 Å². The standard InChI is InChI=1S/C20H20BrN3O3/c1-4-12(2)19-23-16-7-6-14(21)10-15(16)20(26)24(19)22-11-13-5-8-17(25)18(9-13)27-3/h5-12,25H,4H2,1-3H3/t12-/m1/s1. The second kappa shape index (κ2) is 7.92. The molecule has 0 aliphatic carbocycles. The van der Waals surface area contributed by atoms with E-state index < -0.39 is 0 Å². The van der Waals surface area contributed by atoms with Crippen molar-refractivity contribution in [1.29, 1.82) is 0 Å². The molecule has 0 amide bonds. The molecule has 0 fully saturated rings. The maximum absolute atomic E-state index is 13.0. The molecule has 1 N–H and O–H groups in total. The maximum atomic E-state index is 13.0. The van der Waals surface area contributed by atoms with E-state index in [0.717, 1.165) is 10.9 Å². The summed E-state index contributed by atoms with van der Waals surface area (Å²) in [7, 11) is 1.48. The van der Waals surface area contributed by atoms with Gasteiger partial charge in [-0.3, -0.25) is 4.79 Å². The molecular formula is C20H20BrN3O3. The molecule has 3 rings (SSSR count). The van der Waals surface area contributed by atoms with Gasteiger partial charge < -0.3 is 9.84 Å². The number of nitrogens with zero attached hydrogens (tertiary/aromatic N) is 3. The lowest BCUT2D eigenvalue weighted by Gasteiger charge is -2.14. The Morgan fingerprint density at radius 2 is 2.11 bits per heavy atom. The molecule has 0 radical (unpaired) electrons. The normalized spacial score (nSPS) is 12.6. The van der Waals surface area contributed by atoms with Gasteiger partial charge in [0.05, 0.1) is 24.2 Å². The van der Waals surface area contributed by atoms with Crippen molar-refractivity contribution >= 4 is 33.0 Å². The molecule has 0 unspecified atom stereocenters. The largest absolute Gasteiger partial charge is 0.504 e. The number of methoxy groups -OCH3 is 1. The molecule has 0 spiro atoms. The Hall–Kier alpha value is -2.67. The quantitative estimate of drug-likeness (QED) is 0.614. The van der Waals surface area contributed by atoms with E-state index in [9.17, 15) is 9.90 Å². The third-order valence-corrected chi connectivity index (χ3v) is 4.91. The Balaban J connectivity index is 2.16. The molecule has 6 nitrogen and oxygen atoms in total. The second-order valence-electron chi connectivity index (χ2n) is 6.23. The monoisotopic (exact) mass is 429 g/mol. The number of halogens is 1. The summed E-state index contributed by atoms with van der Waals surface area (Å²) in [6, 6.07) is 10.3. The van der Waals surface area contributed by atoms with Crippen molar-refractivity contribution in [1.82, 2.24) is 9.66 Å². The predicted octanol–water partition coefficient (Wildman–Crippen LogP) is 4.27. The summed E-state index contributed by atoms with van der Waals surface area (Å²) < 4.78 is 7.27. The van der Waals surface area contributed by atoms with Crippen LogP contribution in [0.3, 0.4) is 0 Å². The molecule has 3 aromatic rings. The number of benzene rings is 2. The molecule has 0 aliphatic heterocycles. The van der Waals surface area contributed by atoms with Crippen LogP contribution in [0.2, 0.25) is 0 Å². The van der Waals surface area contributed by atoms with E-state index in [2.05, 4.69) is 26.0 Å². The predicted molar refractivity (Wildman–Crippen MR) is 110 cm³/mol. The van der Waals surface area contributed by atoms with Gasteiger partial charge in [0.15, 0.2) is 11.5 Å². The van der Waals surface area contributed by atoms with Crippen LogP contribution in [0.25, 0.3) is 10.9 Å². The lowest BCUT2D eigenvalue weighted by atomic mass is 10.1. The molecule has 27 heavy (non-hydrogen) atoms. The number of hydrogen-bond donors (Lipinski definition) is 1. The molecule has 7 heteroatoms. The Bertz CT molecular complexity index is 1080. The van der Waals surface area contributed by atoms with Gasteiger partial charge in [-0.1, -0.05) is 29.8 Å². The van der Waals surface area contributed by atoms with Gasteiger partial charge in [0.25, 0.3) is 5.56 Å². The lowest BCUT2D eigenvalue weighted by molar-refractivity contribution is 0.373.